The molecule has 0 saturated carbocycles. The van der Waals surface area contributed by atoms with Gasteiger partial charge in [0, 0.05) is 7.11 Å². The van der Waals surface area contributed by atoms with Crippen molar-refractivity contribution in [2.24, 2.45) is 0 Å². The summed E-state index contributed by atoms with van der Waals surface area (Å²) in [6.45, 7) is 9.05. The Morgan fingerprint density at radius 3 is 2.35 bits per heavy atom. The van der Waals surface area contributed by atoms with Gasteiger partial charge in [0.15, 0.2) is 0 Å². The van der Waals surface area contributed by atoms with Crippen LogP contribution in [0.2, 0.25) is 0 Å². The van der Waals surface area contributed by atoms with Crippen LogP contribution in [0.4, 0.5) is 4.39 Å². The van der Waals surface area contributed by atoms with Crippen LogP contribution in [0, 0.1) is 5.82 Å². The Bertz CT molecular complexity index is 311. The first-order chi connectivity index (χ1) is 8.15. The zero-order valence-electron chi connectivity index (χ0n) is 11.4. The van der Waals surface area contributed by atoms with E-state index in [9.17, 15) is 4.39 Å². The van der Waals surface area contributed by atoms with Crippen molar-refractivity contribution in [1.82, 2.24) is 0 Å². The Balaban J connectivity index is 0.00000121. The number of methoxy groups -OCH3 is 1. The van der Waals surface area contributed by atoms with Crippen LogP contribution in [0.25, 0.3) is 0 Å². The molecule has 0 radical (unpaired) electrons. The molecule has 98 valence electrons. The summed E-state index contributed by atoms with van der Waals surface area (Å²) >= 11 is 0. The second-order valence-corrected chi connectivity index (χ2v) is 3.68. The third-order valence-corrected chi connectivity index (χ3v) is 2.14. The smallest absolute Gasteiger partial charge is 0.123 e. The fourth-order valence-corrected chi connectivity index (χ4v) is 1.34. The summed E-state index contributed by atoms with van der Waals surface area (Å²) in [6, 6.07) is 4.60. The largest absolute Gasteiger partial charge is 0.491 e. The van der Waals surface area contributed by atoms with Crippen molar-refractivity contribution in [2.45, 2.75) is 33.6 Å². The van der Waals surface area contributed by atoms with Crippen LogP contribution in [-0.4, -0.2) is 20.3 Å². The molecule has 2 nitrogen and oxygen atoms in total. The number of rotatable bonds is 5. The minimum Gasteiger partial charge on any atom is -0.491 e. The zero-order chi connectivity index (χ0) is 13.3. The lowest BCUT2D eigenvalue weighted by Gasteiger charge is -2.13. The highest BCUT2D eigenvalue weighted by Gasteiger charge is 2.08. The standard InChI is InChI=1S/C12H17FO2.C2H6/c1-9(2)11-8-10(13)4-5-12(11)15-7-6-14-3;1-2/h4-5,8-9H,6-7H2,1-3H3;1-2H3. The Labute approximate surface area is 104 Å². The first-order valence-corrected chi connectivity index (χ1v) is 6.06. The monoisotopic (exact) mass is 242 g/mol. The average molecular weight is 242 g/mol. The summed E-state index contributed by atoms with van der Waals surface area (Å²) in [6.07, 6.45) is 0. The van der Waals surface area contributed by atoms with Crippen molar-refractivity contribution in [3.8, 4) is 5.75 Å². The second-order valence-electron chi connectivity index (χ2n) is 3.68. The molecule has 0 unspecified atom stereocenters. The van der Waals surface area contributed by atoms with Gasteiger partial charge in [-0.25, -0.2) is 4.39 Å². The molecule has 0 aliphatic rings. The van der Waals surface area contributed by atoms with E-state index < -0.39 is 0 Å². The van der Waals surface area contributed by atoms with Crippen molar-refractivity contribution in [3.05, 3.63) is 29.6 Å². The highest BCUT2D eigenvalue weighted by Crippen LogP contribution is 2.26. The molecule has 0 N–H and O–H groups in total. The third kappa shape index (κ3) is 5.68. The molecule has 1 aromatic carbocycles. The molecule has 0 heterocycles. The van der Waals surface area contributed by atoms with Crippen molar-refractivity contribution in [2.75, 3.05) is 20.3 Å². The summed E-state index contributed by atoms with van der Waals surface area (Å²) in [5, 5.41) is 0. The van der Waals surface area contributed by atoms with E-state index in [0.717, 1.165) is 11.3 Å². The predicted molar refractivity (Wildman–Crippen MR) is 69.2 cm³/mol. The van der Waals surface area contributed by atoms with Crippen LogP contribution < -0.4 is 4.74 Å². The molecular weight excluding hydrogens is 219 g/mol. The number of ether oxygens (including phenoxy) is 2. The van der Waals surface area contributed by atoms with E-state index in [1.165, 1.54) is 12.1 Å². The molecule has 1 aromatic rings. The Morgan fingerprint density at radius 1 is 1.18 bits per heavy atom. The van der Waals surface area contributed by atoms with Gasteiger partial charge in [-0.2, -0.15) is 0 Å². The van der Waals surface area contributed by atoms with E-state index in [1.807, 2.05) is 27.7 Å². The van der Waals surface area contributed by atoms with Crippen LogP contribution in [-0.2, 0) is 4.74 Å². The van der Waals surface area contributed by atoms with Gasteiger partial charge in [-0.1, -0.05) is 27.7 Å². The van der Waals surface area contributed by atoms with Gasteiger partial charge in [-0.05, 0) is 29.7 Å². The summed E-state index contributed by atoms with van der Waals surface area (Å²) in [5.41, 5.74) is 0.895. The third-order valence-electron chi connectivity index (χ3n) is 2.14. The van der Waals surface area contributed by atoms with E-state index in [0.29, 0.717) is 13.2 Å². The number of hydrogen-bond acceptors (Lipinski definition) is 2. The number of halogens is 1. The molecule has 0 spiro atoms. The van der Waals surface area contributed by atoms with Crippen LogP contribution in [0.5, 0.6) is 5.75 Å². The van der Waals surface area contributed by atoms with Gasteiger partial charge < -0.3 is 9.47 Å². The average Bonchev–Trinajstić information content (AvgIpc) is 2.33. The van der Waals surface area contributed by atoms with E-state index in [-0.39, 0.29) is 11.7 Å². The normalized spacial score (nSPS) is 9.82. The maximum absolute atomic E-state index is 13.0. The minimum atomic E-state index is -0.224. The van der Waals surface area contributed by atoms with E-state index in [1.54, 1.807) is 13.2 Å². The topological polar surface area (TPSA) is 18.5 Å². The van der Waals surface area contributed by atoms with Crippen LogP contribution in [0.3, 0.4) is 0 Å². The minimum absolute atomic E-state index is 0.224. The van der Waals surface area contributed by atoms with Gasteiger partial charge in [0.2, 0.25) is 0 Å². The fraction of sp³-hybridized carbons (Fsp3) is 0.571. The van der Waals surface area contributed by atoms with Gasteiger partial charge in [0.05, 0.1) is 6.61 Å². The van der Waals surface area contributed by atoms with Crippen molar-refractivity contribution in [1.29, 1.82) is 0 Å². The van der Waals surface area contributed by atoms with Gasteiger partial charge in [-0.15, -0.1) is 0 Å². The molecule has 1 rings (SSSR count). The maximum atomic E-state index is 13.0. The quantitative estimate of drug-likeness (QED) is 0.726. The molecule has 0 aliphatic heterocycles. The SMILES string of the molecule is CC.COCCOc1ccc(F)cc1C(C)C. The van der Waals surface area contributed by atoms with Gasteiger partial charge in [-0.3, -0.25) is 0 Å². The second kappa shape index (κ2) is 8.99. The summed E-state index contributed by atoms with van der Waals surface area (Å²) < 4.78 is 23.4. The Kier molecular flexibility index (Phi) is 8.42. The van der Waals surface area contributed by atoms with Gasteiger partial charge >= 0.3 is 0 Å². The summed E-state index contributed by atoms with van der Waals surface area (Å²) in [4.78, 5) is 0. The first-order valence-electron chi connectivity index (χ1n) is 6.06. The molecule has 0 aromatic heterocycles. The predicted octanol–water partition coefficient (Wildman–Crippen LogP) is 4.00. The molecular formula is C14H23FO2. The highest BCUT2D eigenvalue weighted by atomic mass is 19.1. The first kappa shape index (κ1) is 15.9. The molecule has 0 fully saturated rings. The molecule has 0 atom stereocenters. The molecule has 17 heavy (non-hydrogen) atoms. The molecule has 3 heteroatoms. The van der Waals surface area contributed by atoms with Crippen LogP contribution in [0.1, 0.15) is 39.2 Å². The lowest BCUT2D eigenvalue weighted by molar-refractivity contribution is 0.145. The van der Waals surface area contributed by atoms with Gasteiger partial charge in [0.25, 0.3) is 0 Å². The Morgan fingerprint density at radius 2 is 1.82 bits per heavy atom. The van der Waals surface area contributed by atoms with E-state index >= 15 is 0 Å². The van der Waals surface area contributed by atoms with Crippen LogP contribution >= 0.6 is 0 Å². The fourth-order valence-electron chi connectivity index (χ4n) is 1.34. The lowest BCUT2D eigenvalue weighted by Crippen LogP contribution is -2.06. The van der Waals surface area contributed by atoms with Crippen molar-refractivity contribution in [3.63, 3.8) is 0 Å². The van der Waals surface area contributed by atoms with Crippen LogP contribution in [0.15, 0.2) is 18.2 Å². The van der Waals surface area contributed by atoms with Crippen molar-refractivity contribution < 1.29 is 13.9 Å². The summed E-state index contributed by atoms with van der Waals surface area (Å²) in [7, 11) is 1.62. The number of hydrogen-bond donors (Lipinski definition) is 0. The Hall–Kier alpha value is -1.09. The molecule has 0 bridgehead atoms. The summed E-state index contributed by atoms with van der Waals surface area (Å²) in [5.74, 6) is 0.763. The lowest BCUT2D eigenvalue weighted by atomic mass is 10.0. The van der Waals surface area contributed by atoms with E-state index in [2.05, 4.69) is 0 Å². The highest BCUT2D eigenvalue weighted by molar-refractivity contribution is 5.36. The molecule has 0 amide bonds. The molecule has 0 saturated heterocycles. The zero-order valence-corrected chi connectivity index (χ0v) is 11.4. The van der Waals surface area contributed by atoms with Crippen molar-refractivity contribution >= 4 is 0 Å². The molecule has 0 aliphatic carbocycles. The number of benzene rings is 1. The van der Waals surface area contributed by atoms with Gasteiger partial charge in [0.1, 0.15) is 18.2 Å². The maximum Gasteiger partial charge on any atom is 0.123 e. The van der Waals surface area contributed by atoms with E-state index in [4.69, 9.17) is 9.47 Å².